The number of ketones is 1. The number of ether oxygens (including phenoxy) is 1. The molecular formula is C13H10N4O4. The molecule has 0 saturated heterocycles. The zero-order chi connectivity index (χ0) is 15.4. The van der Waals surface area contributed by atoms with Crippen LogP contribution in [0.4, 0.5) is 5.82 Å². The lowest BCUT2D eigenvalue weighted by Gasteiger charge is -2.04. The lowest BCUT2D eigenvalue weighted by molar-refractivity contribution is -0.391. The number of imidazole rings is 1. The Morgan fingerprint density at radius 2 is 2.33 bits per heavy atom. The number of nitrogens with zero attached hydrogens (tertiary/aromatic N) is 4. The second-order valence-corrected chi connectivity index (χ2v) is 4.11. The Morgan fingerprint density at radius 3 is 2.95 bits per heavy atom. The van der Waals surface area contributed by atoms with E-state index in [4.69, 9.17) is 10.00 Å². The number of carbonyl (C=O) groups excluding carboxylic acids is 1. The summed E-state index contributed by atoms with van der Waals surface area (Å²) < 4.78 is 6.36. The third-order valence-electron chi connectivity index (χ3n) is 2.73. The molecule has 21 heavy (non-hydrogen) atoms. The number of hydrogen-bond donors (Lipinski definition) is 0. The zero-order valence-corrected chi connectivity index (χ0v) is 11.0. The number of carbonyl (C=O) groups is 1. The summed E-state index contributed by atoms with van der Waals surface area (Å²) in [6.07, 6.45) is 1.02. The Bertz CT molecular complexity index is 745. The van der Waals surface area contributed by atoms with Crippen LogP contribution in [-0.2, 0) is 7.05 Å². The Labute approximate surface area is 119 Å². The largest absolute Gasteiger partial charge is 0.485 e. The fraction of sp³-hybridized carbons (Fsp3) is 0.154. The first-order valence-electron chi connectivity index (χ1n) is 5.85. The van der Waals surface area contributed by atoms with Crippen LogP contribution in [0.2, 0.25) is 0 Å². The van der Waals surface area contributed by atoms with E-state index in [0.717, 1.165) is 10.8 Å². The molecule has 106 valence electrons. The predicted molar refractivity (Wildman–Crippen MR) is 70.8 cm³/mol. The highest BCUT2D eigenvalue weighted by atomic mass is 16.6. The van der Waals surface area contributed by atoms with Gasteiger partial charge in [0, 0.05) is 0 Å². The fourth-order valence-electron chi connectivity index (χ4n) is 1.70. The standard InChI is InChI=1S/C13H10N4O4/c1-16-12(17(19)20)7-15-13(16)11(18)8-21-10-4-2-3-9(5-10)6-14/h2-5,7H,8H2,1H3. The zero-order valence-electron chi connectivity index (χ0n) is 11.0. The highest BCUT2D eigenvalue weighted by molar-refractivity contribution is 5.94. The summed E-state index contributed by atoms with van der Waals surface area (Å²) in [6, 6.07) is 8.29. The van der Waals surface area contributed by atoms with Crippen LogP contribution in [-0.4, -0.2) is 26.9 Å². The van der Waals surface area contributed by atoms with Crippen molar-refractivity contribution in [3.8, 4) is 11.8 Å². The smallest absolute Gasteiger partial charge is 0.343 e. The second kappa shape index (κ2) is 5.83. The van der Waals surface area contributed by atoms with Crippen LogP contribution in [0, 0.1) is 21.4 Å². The van der Waals surface area contributed by atoms with Gasteiger partial charge in [-0.05, 0) is 23.1 Å². The third-order valence-corrected chi connectivity index (χ3v) is 2.73. The molecule has 0 aliphatic carbocycles. The second-order valence-electron chi connectivity index (χ2n) is 4.11. The topological polar surface area (TPSA) is 111 Å². The molecule has 0 spiro atoms. The minimum atomic E-state index is -0.624. The van der Waals surface area contributed by atoms with Crippen molar-refractivity contribution in [3.05, 3.63) is 52.0 Å². The lowest BCUT2D eigenvalue weighted by Crippen LogP contribution is -2.16. The maximum absolute atomic E-state index is 11.9. The van der Waals surface area contributed by atoms with E-state index in [9.17, 15) is 14.9 Å². The quantitative estimate of drug-likeness (QED) is 0.467. The maximum atomic E-state index is 11.9. The Morgan fingerprint density at radius 1 is 1.57 bits per heavy atom. The third kappa shape index (κ3) is 3.03. The van der Waals surface area contributed by atoms with Gasteiger partial charge in [-0.15, -0.1) is 0 Å². The predicted octanol–water partition coefficient (Wildman–Crippen LogP) is 1.46. The van der Waals surface area contributed by atoms with E-state index in [2.05, 4.69) is 4.98 Å². The van der Waals surface area contributed by atoms with Gasteiger partial charge >= 0.3 is 5.82 Å². The summed E-state index contributed by atoms with van der Waals surface area (Å²) in [6.45, 7) is -0.323. The van der Waals surface area contributed by atoms with Crippen molar-refractivity contribution in [2.45, 2.75) is 0 Å². The molecule has 0 atom stereocenters. The summed E-state index contributed by atoms with van der Waals surface area (Å²) in [5, 5.41) is 19.4. The minimum absolute atomic E-state index is 0.0573. The number of benzene rings is 1. The van der Waals surface area contributed by atoms with Gasteiger partial charge in [-0.3, -0.25) is 4.79 Å². The average Bonchev–Trinajstić information content (AvgIpc) is 2.87. The Hall–Kier alpha value is -3.21. The molecule has 0 radical (unpaired) electrons. The molecule has 2 aromatic rings. The monoisotopic (exact) mass is 286 g/mol. The fourth-order valence-corrected chi connectivity index (χ4v) is 1.70. The van der Waals surface area contributed by atoms with Crippen LogP contribution in [0.3, 0.4) is 0 Å². The van der Waals surface area contributed by atoms with Gasteiger partial charge in [0.1, 0.15) is 11.9 Å². The van der Waals surface area contributed by atoms with E-state index < -0.39 is 10.7 Å². The number of hydrogen-bond acceptors (Lipinski definition) is 6. The van der Waals surface area contributed by atoms with Crippen molar-refractivity contribution in [1.29, 1.82) is 5.26 Å². The number of nitro groups is 1. The lowest BCUT2D eigenvalue weighted by atomic mass is 10.2. The van der Waals surface area contributed by atoms with E-state index in [0.29, 0.717) is 11.3 Å². The first kappa shape index (κ1) is 14.2. The summed E-state index contributed by atoms with van der Waals surface area (Å²) >= 11 is 0. The van der Waals surface area contributed by atoms with Gasteiger partial charge in [0.2, 0.25) is 0 Å². The van der Waals surface area contributed by atoms with Crippen LogP contribution in [0.25, 0.3) is 0 Å². The van der Waals surface area contributed by atoms with Gasteiger partial charge in [0.25, 0.3) is 11.6 Å². The highest BCUT2D eigenvalue weighted by Crippen LogP contribution is 2.15. The van der Waals surface area contributed by atoms with E-state index in [1.165, 1.54) is 13.1 Å². The summed E-state index contributed by atoms with van der Waals surface area (Å²) in [5.41, 5.74) is 0.410. The van der Waals surface area contributed by atoms with E-state index >= 15 is 0 Å². The van der Waals surface area contributed by atoms with Gasteiger partial charge in [-0.25, -0.2) is 9.55 Å². The molecule has 0 N–H and O–H groups in total. The first-order chi connectivity index (χ1) is 10.0. The average molecular weight is 286 g/mol. The van der Waals surface area contributed by atoms with Crippen LogP contribution in [0.1, 0.15) is 16.2 Å². The van der Waals surface area contributed by atoms with Gasteiger partial charge in [0.15, 0.2) is 6.61 Å². The molecule has 0 aliphatic heterocycles. The number of Topliss-reactive ketones (excluding diaryl/α,β-unsaturated/α-hetero) is 1. The van der Waals surface area contributed by atoms with E-state index in [1.54, 1.807) is 18.2 Å². The molecule has 2 rings (SSSR count). The van der Waals surface area contributed by atoms with Crippen molar-refractivity contribution >= 4 is 11.6 Å². The molecule has 0 aliphatic rings. The van der Waals surface area contributed by atoms with E-state index in [1.807, 2.05) is 6.07 Å². The molecule has 8 heteroatoms. The molecule has 0 amide bonds. The molecule has 1 aromatic carbocycles. The molecule has 8 nitrogen and oxygen atoms in total. The summed E-state index contributed by atoms with van der Waals surface area (Å²) in [7, 11) is 1.38. The van der Waals surface area contributed by atoms with Crippen LogP contribution >= 0.6 is 0 Å². The van der Waals surface area contributed by atoms with Gasteiger partial charge in [-0.2, -0.15) is 5.26 Å². The molecular weight excluding hydrogens is 276 g/mol. The SMILES string of the molecule is Cn1c([N+](=O)[O-])cnc1C(=O)COc1cccc(C#N)c1. The van der Waals surface area contributed by atoms with Crippen LogP contribution in [0.5, 0.6) is 5.75 Å². The van der Waals surface area contributed by atoms with Gasteiger partial charge < -0.3 is 14.9 Å². The van der Waals surface area contributed by atoms with E-state index in [-0.39, 0.29) is 18.2 Å². The van der Waals surface area contributed by atoms with Crippen molar-refractivity contribution in [1.82, 2.24) is 9.55 Å². The first-order valence-corrected chi connectivity index (χ1v) is 5.85. The minimum Gasteiger partial charge on any atom is -0.485 e. The molecule has 0 bridgehead atoms. The summed E-state index contributed by atoms with van der Waals surface area (Å²) in [4.78, 5) is 25.7. The normalized spacial score (nSPS) is 9.90. The molecule has 1 heterocycles. The van der Waals surface area contributed by atoms with Crippen molar-refractivity contribution < 1.29 is 14.5 Å². The van der Waals surface area contributed by atoms with Gasteiger partial charge in [-0.1, -0.05) is 6.07 Å². The maximum Gasteiger partial charge on any atom is 0.343 e. The molecule has 0 saturated carbocycles. The molecule has 0 fully saturated rings. The van der Waals surface area contributed by atoms with Crippen molar-refractivity contribution in [3.63, 3.8) is 0 Å². The highest BCUT2D eigenvalue weighted by Gasteiger charge is 2.22. The Kier molecular flexibility index (Phi) is 3.95. The Balaban J connectivity index is 2.08. The number of rotatable bonds is 5. The summed E-state index contributed by atoms with van der Waals surface area (Å²) in [5.74, 6) is -0.456. The van der Waals surface area contributed by atoms with Crippen LogP contribution in [0.15, 0.2) is 30.5 Å². The molecule has 1 aromatic heterocycles. The van der Waals surface area contributed by atoms with Crippen LogP contribution < -0.4 is 4.74 Å². The molecule has 0 unspecified atom stereocenters. The van der Waals surface area contributed by atoms with Crippen molar-refractivity contribution in [2.75, 3.05) is 6.61 Å². The number of aromatic nitrogens is 2. The van der Waals surface area contributed by atoms with Gasteiger partial charge in [0.05, 0.1) is 18.7 Å². The number of nitriles is 1. The van der Waals surface area contributed by atoms with Crippen molar-refractivity contribution in [2.24, 2.45) is 7.05 Å².